The van der Waals surface area contributed by atoms with E-state index in [1.54, 1.807) is 7.11 Å². The molecule has 0 heterocycles. The molecule has 0 aliphatic rings. The zero-order valence-electron chi connectivity index (χ0n) is 14.1. The second-order valence-electron chi connectivity index (χ2n) is 5.77. The Balaban J connectivity index is 1.66. The van der Waals surface area contributed by atoms with Gasteiger partial charge in [0.2, 0.25) is 0 Å². The number of amidine groups is 1. The minimum atomic E-state index is 0.0764. The lowest BCUT2D eigenvalue weighted by molar-refractivity contribution is 0.415. The molecule has 126 valence electrons. The van der Waals surface area contributed by atoms with Crippen LogP contribution in [0.25, 0.3) is 11.1 Å². The predicted molar refractivity (Wildman–Crippen MR) is 103 cm³/mol. The van der Waals surface area contributed by atoms with Crippen molar-refractivity contribution in [2.75, 3.05) is 12.4 Å². The molecule has 25 heavy (non-hydrogen) atoms. The maximum atomic E-state index is 7.50. The van der Waals surface area contributed by atoms with Gasteiger partial charge in [0.25, 0.3) is 0 Å². The van der Waals surface area contributed by atoms with Crippen LogP contribution in [0, 0.1) is 5.41 Å². The van der Waals surface area contributed by atoms with Crippen LogP contribution in [0.4, 0.5) is 5.69 Å². The predicted octanol–water partition coefficient (Wildman–Crippen LogP) is 4.26. The molecular weight excluding hydrogens is 310 g/mol. The summed E-state index contributed by atoms with van der Waals surface area (Å²) < 4.78 is 5.19. The first-order valence-electron chi connectivity index (χ1n) is 8.07. The molecule has 0 spiro atoms. The summed E-state index contributed by atoms with van der Waals surface area (Å²) in [4.78, 5) is 0. The molecule has 0 atom stereocenters. The molecule has 4 N–H and O–H groups in total. The van der Waals surface area contributed by atoms with Gasteiger partial charge in [-0.2, -0.15) is 0 Å². The monoisotopic (exact) mass is 331 g/mol. The van der Waals surface area contributed by atoms with E-state index in [1.807, 2.05) is 36.4 Å². The van der Waals surface area contributed by atoms with Crippen LogP contribution in [0.2, 0.25) is 0 Å². The second-order valence-corrected chi connectivity index (χ2v) is 5.77. The molecule has 0 amide bonds. The van der Waals surface area contributed by atoms with Crippen LogP contribution in [0.5, 0.6) is 5.75 Å². The molecule has 0 unspecified atom stereocenters. The Kier molecular flexibility index (Phi) is 5.00. The minimum absolute atomic E-state index is 0.0764. The Bertz CT molecular complexity index is 855. The molecule has 3 rings (SSSR count). The standard InChI is InChI=1S/C21H21N3O/c1-25-20-11-9-17(10-12-20)16-7-5-15(6-8-16)14-24-19-4-2-3-18(13-19)21(22)23/h2-13,24H,14H2,1H3,(H3,22,23). The summed E-state index contributed by atoms with van der Waals surface area (Å²) in [6, 6.07) is 24.1. The number of ether oxygens (including phenoxy) is 1. The topological polar surface area (TPSA) is 71.1 Å². The van der Waals surface area contributed by atoms with Gasteiger partial charge in [-0.3, -0.25) is 5.41 Å². The lowest BCUT2D eigenvalue weighted by Crippen LogP contribution is -2.11. The summed E-state index contributed by atoms with van der Waals surface area (Å²) in [5, 5.41) is 10.9. The number of benzene rings is 3. The van der Waals surface area contributed by atoms with Crippen LogP contribution in [0.15, 0.2) is 72.8 Å². The summed E-state index contributed by atoms with van der Waals surface area (Å²) >= 11 is 0. The first-order chi connectivity index (χ1) is 12.2. The zero-order chi connectivity index (χ0) is 17.6. The van der Waals surface area contributed by atoms with Crippen molar-refractivity contribution in [2.45, 2.75) is 6.54 Å². The van der Waals surface area contributed by atoms with Gasteiger partial charge in [0, 0.05) is 17.8 Å². The van der Waals surface area contributed by atoms with Gasteiger partial charge < -0.3 is 15.8 Å². The molecule has 0 aliphatic heterocycles. The van der Waals surface area contributed by atoms with Gasteiger partial charge in [-0.05, 0) is 41.0 Å². The fourth-order valence-corrected chi connectivity index (χ4v) is 2.60. The van der Waals surface area contributed by atoms with Crippen molar-refractivity contribution in [3.8, 4) is 16.9 Å². The molecule has 0 radical (unpaired) electrons. The molecule has 3 aromatic carbocycles. The highest BCUT2D eigenvalue weighted by atomic mass is 16.5. The van der Waals surface area contributed by atoms with E-state index in [4.69, 9.17) is 15.9 Å². The van der Waals surface area contributed by atoms with Crippen molar-refractivity contribution < 1.29 is 4.74 Å². The van der Waals surface area contributed by atoms with E-state index in [1.165, 1.54) is 11.1 Å². The average molecular weight is 331 g/mol. The Hall–Kier alpha value is -3.27. The number of anilines is 1. The number of rotatable bonds is 6. The number of nitrogens with two attached hydrogens (primary N) is 1. The maximum absolute atomic E-state index is 7.50. The van der Waals surface area contributed by atoms with Crippen LogP contribution >= 0.6 is 0 Å². The molecule has 0 saturated carbocycles. The fourth-order valence-electron chi connectivity index (χ4n) is 2.60. The Morgan fingerprint density at radius 1 is 0.960 bits per heavy atom. The van der Waals surface area contributed by atoms with Gasteiger partial charge in [0.15, 0.2) is 0 Å². The molecule has 0 aromatic heterocycles. The van der Waals surface area contributed by atoms with Gasteiger partial charge in [0.1, 0.15) is 11.6 Å². The highest BCUT2D eigenvalue weighted by Crippen LogP contribution is 2.23. The second kappa shape index (κ2) is 7.53. The van der Waals surface area contributed by atoms with Gasteiger partial charge in [0.05, 0.1) is 7.11 Å². The Morgan fingerprint density at radius 2 is 1.60 bits per heavy atom. The fraction of sp³-hybridized carbons (Fsp3) is 0.0952. The third-order valence-electron chi connectivity index (χ3n) is 4.05. The minimum Gasteiger partial charge on any atom is -0.497 e. The van der Waals surface area contributed by atoms with E-state index in [2.05, 4.69) is 41.7 Å². The zero-order valence-corrected chi connectivity index (χ0v) is 14.1. The first kappa shape index (κ1) is 16.6. The van der Waals surface area contributed by atoms with Crippen molar-refractivity contribution in [1.82, 2.24) is 0 Å². The number of nitrogen functional groups attached to an aromatic ring is 1. The molecular formula is C21H21N3O. The molecule has 0 aliphatic carbocycles. The smallest absolute Gasteiger partial charge is 0.122 e. The summed E-state index contributed by atoms with van der Waals surface area (Å²) in [6.07, 6.45) is 0. The molecule has 0 bridgehead atoms. The summed E-state index contributed by atoms with van der Waals surface area (Å²) in [5.41, 5.74) is 10.7. The molecule has 3 aromatic rings. The van der Waals surface area contributed by atoms with Gasteiger partial charge in [-0.25, -0.2) is 0 Å². The average Bonchev–Trinajstić information content (AvgIpc) is 2.67. The SMILES string of the molecule is COc1ccc(-c2ccc(CNc3cccc(C(=N)N)c3)cc2)cc1. The quantitative estimate of drug-likeness (QED) is 0.467. The van der Waals surface area contributed by atoms with Crippen LogP contribution in [-0.4, -0.2) is 12.9 Å². The summed E-state index contributed by atoms with van der Waals surface area (Å²) in [6.45, 7) is 0.713. The van der Waals surface area contributed by atoms with E-state index in [0.717, 1.165) is 22.6 Å². The van der Waals surface area contributed by atoms with Crippen molar-refractivity contribution in [3.63, 3.8) is 0 Å². The molecule has 0 saturated heterocycles. The van der Waals surface area contributed by atoms with Crippen molar-refractivity contribution in [2.24, 2.45) is 5.73 Å². The number of methoxy groups -OCH3 is 1. The van der Waals surface area contributed by atoms with Gasteiger partial charge in [-0.15, -0.1) is 0 Å². The molecule has 0 fully saturated rings. The third-order valence-corrected chi connectivity index (χ3v) is 4.05. The highest BCUT2D eigenvalue weighted by Gasteiger charge is 2.01. The largest absolute Gasteiger partial charge is 0.497 e. The lowest BCUT2D eigenvalue weighted by Gasteiger charge is -2.09. The van der Waals surface area contributed by atoms with Gasteiger partial charge in [-0.1, -0.05) is 48.5 Å². The van der Waals surface area contributed by atoms with E-state index < -0.39 is 0 Å². The van der Waals surface area contributed by atoms with E-state index in [9.17, 15) is 0 Å². The van der Waals surface area contributed by atoms with Crippen LogP contribution < -0.4 is 15.8 Å². The van der Waals surface area contributed by atoms with Crippen LogP contribution in [-0.2, 0) is 6.54 Å². The van der Waals surface area contributed by atoms with E-state index in [0.29, 0.717) is 6.54 Å². The summed E-state index contributed by atoms with van der Waals surface area (Å²) in [5.74, 6) is 0.935. The molecule has 4 heteroatoms. The van der Waals surface area contributed by atoms with Crippen molar-refractivity contribution in [3.05, 3.63) is 83.9 Å². The van der Waals surface area contributed by atoms with Crippen molar-refractivity contribution >= 4 is 11.5 Å². The molecule has 4 nitrogen and oxygen atoms in total. The maximum Gasteiger partial charge on any atom is 0.122 e. The van der Waals surface area contributed by atoms with Crippen LogP contribution in [0.3, 0.4) is 0 Å². The number of hydrogen-bond acceptors (Lipinski definition) is 3. The van der Waals surface area contributed by atoms with E-state index in [-0.39, 0.29) is 5.84 Å². The highest BCUT2D eigenvalue weighted by molar-refractivity contribution is 5.95. The normalized spacial score (nSPS) is 10.3. The third kappa shape index (κ3) is 4.18. The number of hydrogen-bond donors (Lipinski definition) is 3. The van der Waals surface area contributed by atoms with Crippen molar-refractivity contribution in [1.29, 1.82) is 5.41 Å². The van der Waals surface area contributed by atoms with Crippen LogP contribution in [0.1, 0.15) is 11.1 Å². The Labute approximate surface area is 147 Å². The Morgan fingerprint density at radius 3 is 2.20 bits per heavy atom. The first-order valence-corrected chi connectivity index (χ1v) is 8.07. The summed E-state index contributed by atoms with van der Waals surface area (Å²) in [7, 11) is 1.67. The number of nitrogens with one attached hydrogen (secondary N) is 2. The van der Waals surface area contributed by atoms with Gasteiger partial charge >= 0.3 is 0 Å². The lowest BCUT2D eigenvalue weighted by atomic mass is 10.0. The van der Waals surface area contributed by atoms with E-state index >= 15 is 0 Å².